The molecule has 0 bridgehead atoms. The minimum Gasteiger partial charge on any atom is -0.390 e. The molecule has 1 rings (SSSR count). The van der Waals surface area contributed by atoms with Crippen LogP contribution in [0, 0.1) is 5.92 Å². The first-order valence-electron chi connectivity index (χ1n) is 6.92. The van der Waals surface area contributed by atoms with Crippen molar-refractivity contribution in [1.29, 1.82) is 0 Å². The largest absolute Gasteiger partial charge is 0.390 e. The van der Waals surface area contributed by atoms with Gasteiger partial charge in [0.2, 0.25) is 0 Å². The molecule has 3 nitrogen and oxygen atoms in total. The van der Waals surface area contributed by atoms with Crippen LogP contribution in [0.25, 0.3) is 0 Å². The summed E-state index contributed by atoms with van der Waals surface area (Å²) in [7, 11) is 0. The second kappa shape index (κ2) is 7.98. The molecule has 1 aromatic carbocycles. The first-order valence-corrected chi connectivity index (χ1v) is 6.92. The van der Waals surface area contributed by atoms with E-state index in [1.165, 1.54) is 0 Å². The Labute approximate surface area is 121 Å². The normalized spacial score (nSPS) is 12.9. The summed E-state index contributed by atoms with van der Waals surface area (Å²) in [4.78, 5) is 12.1. The van der Waals surface area contributed by atoms with E-state index in [1.54, 1.807) is 19.9 Å². The monoisotopic (exact) mass is 276 g/mol. The second-order valence-corrected chi connectivity index (χ2v) is 5.49. The Hall–Kier alpha value is -1.45. The molecule has 3 heteroatoms. The fourth-order valence-electron chi connectivity index (χ4n) is 2.09. The number of ether oxygens (including phenoxy) is 1. The summed E-state index contributed by atoms with van der Waals surface area (Å²) < 4.78 is 5.50. The zero-order chi connectivity index (χ0) is 15.0. The fourth-order valence-corrected chi connectivity index (χ4v) is 2.09. The van der Waals surface area contributed by atoms with Gasteiger partial charge >= 0.3 is 0 Å². The van der Waals surface area contributed by atoms with Gasteiger partial charge in [0.05, 0.1) is 18.8 Å². The predicted molar refractivity (Wildman–Crippen MR) is 80.3 cm³/mol. The summed E-state index contributed by atoms with van der Waals surface area (Å²) in [5.41, 5.74) is 0.0649. The predicted octanol–water partition coefficient (Wildman–Crippen LogP) is 3.13. The molecule has 0 aliphatic rings. The Kier molecular flexibility index (Phi) is 6.62. The van der Waals surface area contributed by atoms with Crippen LogP contribution in [0.2, 0.25) is 0 Å². The number of ketones is 1. The van der Waals surface area contributed by atoms with Crippen molar-refractivity contribution < 1.29 is 14.6 Å². The standard InChI is InChI=1S/C17H24O3/c1-4-8-15(17(2,3)19)16(18)11-12-20-13-14-9-6-5-7-10-14/h4-7,9-10,15,19H,1,8,11-13H2,2-3H3/t15-/m1/s1. The second-order valence-electron chi connectivity index (χ2n) is 5.49. The molecule has 0 fully saturated rings. The maximum Gasteiger partial charge on any atom is 0.141 e. The maximum absolute atomic E-state index is 12.1. The lowest BCUT2D eigenvalue weighted by Gasteiger charge is -2.27. The van der Waals surface area contributed by atoms with Crippen molar-refractivity contribution in [2.75, 3.05) is 6.61 Å². The lowest BCUT2D eigenvalue weighted by atomic mass is 9.83. The Morgan fingerprint density at radius 2 is 2.05 bits per heavy atom. The van der Waals surface area contributed by atoms with Gasteiger partial charge in [0, 0.05) is 12.3 Å². The lowest BCUT2D eigenvalue weighted by molar-refractivity contribution is -0.131. The van der Waals surface area contributed by atoms with Gasteiger partial charge in [-0.05, 0) is 25.8 Å². The van der Waals surface area contributed by atoms with Crippen LogP contribution >= 0.6 is 0 Å². The number of hydrogen-bond donors (Lipinski definition) is 1. The Bertz CT molecular complexity index is 418. The molecule has 110 valence electrons. The van der Waals surface area contributed by atoms with E-state index in [9.17, 15) is 9.90 Å². The highest BCUT2D eigenvalue weighted by molar-refractivity contribution is 5.82. The van der Waals surface area contributed by atoms with Crippen LogP contribution < -0.4 is 0 Å². The first-order chi connectivity index (χ1) is 9.45. The summed E-state index contributed by atoms with van der Waals surface area (Å²) >= 11 is 0. The molecule has 0 saturated carbocycles. The Morgan fingerprint density at radius 3 is 2.60 bits per heavy atom. The van der Waals surface area contributed by atoms with E-state index in [4.69, 9.17) is 4.74 Å². The topological polar surface area (TPSA) is 46.5 Å². The van der Waals surface area contributed by atoms with E-state index in [2.05, 4.69) is 6.58 Å². The van der Waals surface area contributed by atoms with Crippen molar-refractivity contribution >= 4 is 5.78 Å². The summed E-state index contributed by atoms with van der Waals surface area (Å²) in [6, 6.07) is 9.84. The van der Waals surface area contributed by atoms with Crippen molar-refractivity contribution in [3.63, 3.8) is 0 Å². The number of carbonyl (C=O) groups excluding carboxylic acids is 1. The SMILES string of the molecule is C=CC[C@H](C(=O)CCOCc1ccccc1)C(C)(C)O. The number of rotatable bonds is 9. The fraction of sp³-hybridized carbons (Fsp3) is 0.471. The highest BCUT2D eigenvalue weighted by Gasteiger charge is 2.31. The highest BCUT2D eigenvalue weighted by atomic mass is 16.5. The third-order valence-corrected chi connectivity index (χ3v) is 3.25. The molecular weight excluding hydrogens is 252 g/mol. The lowest BCUT2D eigenvalue weighted by Crippen LogP contribution is -2.36. The van der Waals surface area contributed by atoms with E-state index in [-0.39, 0.29) is 5.78 Å². The van der Waals surface area contributed by atoms with Crippen LogP contribution in [0.3, 0.4) is 0 Å². The van der Waals surface area contributed by atoms with Gasteiger partial charge < -0.3 is 9.84 Å². The van der Waals surface area contributed by atoms with E-state index in [0.717, 1.165) is 5.56 Å². The van der Waals surface area contributed by atoms with Crippen molar-refractivity contribution in [1.82, 2.24) is 0 Å². The quantitative estimate of drug-likeness (QED) is 0.557. The molecule has 1 atom stereocenters. The number of aliphatic hydroxyl groups is 1. The van der Waals surface area contributed by atoms with E-state index in [1.807, 2.05) is 30.3 Å². The molecule has 1 N–H and O–H groups in total. The molecule has 0 aliphatic carbocycles. The van der Waals surface area contributed by atoms with Gasteiger partial charge in [0.15, 0.2) is 0 Å². The van der Waals surface area contributed by atoms with Crippen LogP contribution in [-0.4, -0.2) is 23.1 Å². The average Bonchev–Trinajstić information content (AvgIpc) is 2.40. The van der Waals surface area contributed by atoms with Crippen LogP contribution in [-0.2, 0) is 16.1 Å². The van der Waals surface area contributed by atoms with Crippen LogP contribution in [0.15, 0.2) is 43.0 Å². The number of benzene rings is 1. The van der Waals surface area contributed by atoms with Crippen LogP contribution in [0.5, 0.6) is 0 Å². The van der Waals surface area contributed by atoms with E-state index < -0.39 is 11.5 Å². The Morgan fingerprint density at radius 1 is 1.40 bits per heavy atom. The van der Waals surface area contributed by atoms with Gasteiger partial charge in [-0.3, -0.25) is 4.79 Å². The molecular formula is C17H24O3. The molecule has 0 amide bonds. The van der Waals surface area contributed by atoms with E-state index >= 15 is 0 Å². The smallest absolute Gasteiger partial charge is 0.141 e. The highest BCUT2D eigenvalue weighted by Crippen LogP contribution is 2.22. The van der Waals surface area contributed by atoms with Gasteiger partial charge in [-0.1, -0.05) is 36.4 Å². The molecule has 0 heterocycles. The molecule has 0 aliphatic heterocycles. The zero-order valence-electron chi connectivity index (χ0n) is 12.3. The molecule has 0 aromatic heterocycles. The summed E-state index contributed by atoms with van der Waals surface area (Å²) in [6.07, 6.45) is 2.47. The van der Waals surface area contributed by atoms with Gasteiger partial charge in [0.1, 0.15) is 5.78 Å². The van der Waals surface area contributed by atoms with Crippen molar-refractivity contribution in [3.05, 3.63) is 48.6 Å². The van der Waals surface area contributed by atoms with Gasteiger partial charge in [0.25, 0.3) is 0 Å². The summed E-state index contributed by atoms with van der Waals surface area (Å²) in [5, 5.41) is 10.0. The van der Waals surface area contributed by atoms with E-state index in [0.29, 0.717) is 26.1 Å². The average molecular weight is 276 g/mol. The number of hydrogen-bond acceptors (Lipinski definition) is 3. The zero-order valence-corrected chi connectivity index (χ0v) is 12.3. The van der Waals surface area contributed by atoms with Crippen LogP contribution in [0.4, 0.5) is 0 Å². The van der Waals surface area contributed by atoms with Gasteiger partial charge in [-0.15, -0.1) is 6.58 Å². The number of allylic oxidation sites excluding steroid dienone is 1. The minimum atomic E-state index is -1.02. The number of carbonyl (C=O) groups is 1. The number of Topliss-reactive ketones (excluding diaryl/α,β-unsaturated/α-hetero) is 1. The van der Waals surface area contributed by atoms with Crippen molar-refractivity contribution in [3.8, 4) is 0 Å². The Balaban J connectivity index is 2.36. The molecule has 0 saturated heterocycles. The first kappa shape index (κ1) is 16.6. The molecule has 0 unspecified atom stereocenters. The summed E-state index contributed by atoms with van der Waals surface area (Å²) in [5.74, 6) is -0.397. The summed E-state index contributed by atoms with van der Waals surface area (Å²) in [6.45, 7) is 7.83. The van der Waals surface area contributed by atoms with Crippen molar-refractivity contribution in [2.45, 2.75) is 38.9 Å². The third kappa shape index (κ3) is 5.68. The molecule has 1 aromatic rings. The minimum absolute atomic E-state index is 0.0189. The maximum atomic E-state index is 12.1. The molecule has 0 spiro atoms. The van der Waals surface area contributed by atoms with Gasteiger partial charge in [-0.2, -0.15) is 0 Å². The van der Waals surface area contributed by atoms with Gasteiger partial charge in [-0.25, -0.2) is 0 Å². The van der Waals surface area contributed by atoms with Crippen molar-refractivity contribution in [2.24, 2.45) is 5.92 Å². The van der Waals surface area contributed by atoms with Crippen LogP contribution in [0.1, 0.15) is 32.3 Å². The molecule has 0 radical (unpaired) electrons. The third-order valence-electron chi connectivity index (χ3n) is 3.25. The molecule has 20 heavy (non-hydrogen) atoms.